The van der Waals surface area contributed by atoms with Gasteiger partial charge in [0.2, 0.25) is 11.8 Å². The van der Waals surface area contributed by atoms with E-state index in [2.05, 4.69) is 5.32 Å². The van der Waals surface area contributed by atoms with Crippen molar-refractivity contribution < 1.29 is 18.4 Å². The van der Waals surface area contributed by atoms with E-state index in [0.717, 1.165) is 6.07 Å². The van der Waals surface area contributed by atoms with Gasteiger partial charge in [0.25, 0.3) is 0 Å². The van der Waals surface area contributed by atoms with Crippen molar-refractivity contribution >= 4 is 11.8 Å². The van der Waals surface area contributed by atoms with Crippen LogP contribution in [-0.4, -0.2) is 17.9 Å². The van der Waals surface area contributed by atoms with Crippen LogP contribution in [0.3, 0.4) is 0 Å². The molecule has 0 aromatic heterocycles. The first kappa shape index (κ1) is 18.1. The molecule has 25 heavy (non-hydrogen) atoms. The van der Waals surface area contributed by atoms with Crippen LogP contribution in [0.1, 0.15) is 16.7 Å². The lowest BCUT2D eigenvalue weighted by Gasteiger charge is -2.16. The topological polar surface area (TPSA) is 96.0 Å². The number of carbonyl (C=O) groups excluding carboxylic acids is 2. The van der Waals surface area contributed by atoms with Crippen LogP contribution >= 0.6 is 0 Å². The number of hydrogen-bond acceptors (Lipinski definition) is 3. The van der Waals surface area contributed by atoms with E-state index in [0.29, 0.717) is 17.2 Å². The van der Waals surface area contributed by atoms with Crippen LogP contribution in [0, 0.1) is 23.0 Å². The zero-order valence-electron chi connectivity index (χ0n) is 13.1. The molecule has 0 aliphatic heterocycles. The van der Waals surface area contributed by atoms with Crippen molar-refractivity contribution in [1.29, 1.82) is 5.26 Å². The maximum Gasteiger partial charge on any atom is 0.240 e. The summed E-state index contributed by atoms with van der Waals surface area (Å²) in [7, 11) is 0. The molecule has 0 fully saturated rings. The molecule has 128 valence electrons. The molecular weight excluding hydrogens is 328 g/mol. The van der Waals surface area contributed by atoms with Crippen LogP contribution in [0.2, 0.25) is 0 Å². The van der Waals surface area contributed by atoms with Crippen LogP contribution in [0.15, 0.2) is 42.5 Å². The van der Waals surface area contributed by atoms with Crippen molar-refractivity contribution in [2.75, 3.05) is 0 Å². The van der Waals surface area contributed by atoms with Crippen LogP contribution in [-0.2, 0) is 22.4 Å². The Labute approximate surface area is 143 Å². The molecule has 0 aliphatic rings. The molecule has 0 saturated heterocycles. The first-order valence-electron chi connectivity index (χ1n) is 7.40. The molecule has 0 aliphatic carbocycles. The van der Waals surface area contributed by atoms with Gasteiger partial charge in [-0.15, -0.1) is 0 Å². The van der Waals surface area contributed by atoms with Gasteiger partial charge in [0.1, 0.15) is 17.7 Å². The van der Waals surface area contributed by atoms with E-state index in [4.69, 9.17) is 11.0 Å². The predicted octanol–water partition coefficient (Wildman–Crippen LogP) is 1.59. The van der Waals surface area contributed by atoms with Gasteiger partial charge in [0.15, 0.2) is 0 Å². The van der Waals surface area contributed by atoms with Gasteiger partial charge in [-0.3, -0.25) is 9.59 Å². The molecule has 0 radical (unpaired) electrons. The summed E-state index contributed by atoms with van der Waals surface area (Å²) in [5.74, 6) is -2.96. The van der Waals surface area contributed by atoms with E-state index in [1.165, 1.54) is 6.07 Å². The molecule has 1 atom stereocenters. The SMILES string of the molecule is N#Cc1cccc(C[C@@H](NC(=O)Cc2ccc(F)cc2F)C(N)=O)c1. The van der Waals surface area contributed by atoms with Gasteiger partial charge >= 0.3 is 0 Å². The third-order valence-electron chi connectivity index (χ3n) is 3.54. The molecule has 0 bridgehead atoms. The van der Waals surface area contributed by atoms with Gasteiger partial charge in [0.05, 0.1) is 18.1 Å². The highest BCUT2D eigenvalue weighted by atomic mass is 19.1. The summed E-state index contributed by atoms with van der Waals surface area (Å²) >= 11 is 0. The first-order valence-corrected chi connectivity index (χ1v) is 7.40. The molecule has 7 heteroatoms. The Bertz CT molecular complexity index is 846. The molecule has 0 unspecified atom stereocenters. The summed E-state index contributed by atoms with van der Waals surface area (Å²) in [5, 5.41) is 11.3. The van der Waals surface area contributed by atoms with E-state index in [1.54, 1.807) is 24.3 Å². The first-order chi connectivity index (χ1) is 11.9. The second kappa shape index (κ2) is 8.02. The monoisotopic (exact) mass is 343 g/mol. The summed E-state index contributed by atoms with van der Waals surface area (Å²) < 4.78 is 26.5. The molecule has 2 aromatic rings. The Balaban J connectivity index is 2.06. The summed E-state index contributed by atoms with van der Waals surface area (Å²) in [5.41, 5.74) is 6.38. The minimum absolute atomic E-state index is 0.00796. The fourth-order valence-corrected chi connectivity index (χ4v) is 2.31. The van der Waals surface area contributed by atoms with Gasteiger partial charge in [-0.25, -0.2) is 8.78 Å². The number of halogens is 2. The zero-order chi connectivity index (χ0) is 18.4. The Hall–Kier alpha value is -3.27. The van der Waals surface area contributed by atoms with Crippen molar-refractivity contribution in [3.63, 3.8) is 0 Å². The Morgan fingerprint density at radius 2 is 1.96 bits per heavy atom. The molecule has 5 nitrogen and oxygen atoms in total. The third-order valence-corrected chi connectivity index (χ3v) is 3.54. The second-order valence-corrected chi connectivity index (χ2v) is 5.45. The van der Waals surface area contributed by atoms with Gasteiger partial charge in [-0.1, -0.05) is 18.2 Å². The number of primary amides is 1. The van der Waals surface area contributed by atoms with Crippen molar-refractivity contribution in [2.45, 2.75) is 18.9 Å². The second-order valence-electron chi connectivity index (χ2n) is 5.45. The number of nitrogens with zero attached hydrogens (tertiary/aromatic N) is 1. The highest BCUT2D eigenvalue weighted by Crippen LogP contribution is 2.11. The van der Waals surface area contributed by atoms with Crippen molar-refractivity contribution in [2.24, 2.45) is 5.73 Å². The Morgan fingerprint density at radius 3 is 2.60 bits per heavy atom. The van der Waals surface area contributed by atoms with Crippen molar-refractivity contribution in [3.05, 3.63) is 70.8 Å². The van der Waals surface area contributed by atoms with E-state index >= 15 is 0 Å². The lowest BCUT2D eigenvalue weighted by Crippen LogP contribution is -2.46. The summed E-state index contributed by atoms with van der Waals surface area (Å²) in [6.45, 7) is 0. The highest BCUT2D eigenvalue weighted by molar-refractivity contribution is 5.87. The number of carbonyl (C=O) groups is 2. The van der Waals surface area contributed by atoms with Gasteiger partial charge in [0, 0.05) is 12.5 Å². The largest absolute Gasteiger partial charge is 0.368 e. The fraction of sp³-hybridized carbons (Fsp3) is 0.167. The predicted molar refractivity (Wildman–Crippen MR) is 86.0 cm³/mol. The average Bonchev–Trinajstić information content (AvgIpc) is 2.57. The summed E-state index contributed by atoms with van der Waals surface area (Å²) in [4.78, 5) is 23.6. The van der Waals surface area contributed by atoms with E-state index in [-0.39, 0.29) is 18.4 Å². The highest BCUT2D eigenvalue weighted by Gasteiger charge is 2.20. The number of nitriles is 1. The Kier molecular flexibility index (Phi) is 5.79. The normalized spacial score (nSPS) is 11.4. The number of amides is 2. The average molecular weight is 343 g/mol. The Morgan fingerprint density at radius 1 is 1.20 bits per heavy atom. The van der Waals surface area contributed by atoms with Crippen molar-refractivity contribution in [3.8, 4) is 6.07 Å². The maximum atomic E-state index is 13.6. The lowest BCUT2D eigenvalue weighted by atomic mass is 10.0. The molecule has 0 heterocycles. The molecular formula is C18H15F2N3O2. The van der Waals surface area contributed by atoms with Crippen LogP contribution in [0.5, 0.6) is 0 Å². The van der Waals surface area contributed by atoms with Gasteiger partial charge in [-0.05, 0) is 29.3 Å². The van der Waals surface area contributed by atoms with Crippen LogP contribution in [0.4, 0.5) is 8.78 Å². The minimum atomic E-state index is -1.01. The quantitative estimate of drug-likeness (QED) is 0.834. The number of nitrogens with one attached hydrogen (secondary N) is 1. The minimum Gasteiger partial charge on any atom is -0.368 e. The van der Waals surface area contributed by atoms with Gasteiger partial charge < -0.3 is 11.1 Å². The summed E-state index contributed by atoms with van der Waals surface area (Å²) in [6.07, 6.45) is -0.253. The molecule has 0 saturated carbocycles. The molecule has 2 rings (SSSR count). The van der Waals surface area contributed by atoms with Crippen LogP contribution in [0.25, 0.3) is 0 Å². The number of rotatable bonds is 6. The fourth-order valence-electron chi connectivity index (χ4n) is 2.31. The van der Waals surface area contributed by atoms with E-state index < -0.39 is 29.5 Å². The van der Waals surface area contributed by atoms with Crippen molar-refractivity contribution in [1.82, 2.24) is 5.32 Å². The summed E-state index contributed by atoms with van der Waals surface area (Å²) in [6, 6.07) is 10.4. The lowest BCUT2D eigenvalue weighted by molar-refractivity contribution is -0.127. The maximum absolute atomic E-state index is 13.6. The number of hydrogen-bond donors (Lipinski definition) is 2. The number of benzene rings is 2. The van der Waals surface area contributed by atoms with E-state index in [9.17, 15) is 18.4 Å². The number of nitrogens with two attached hydrogens (primary N) is 1. The molecule has 2 amide bonds. The molecule has 0 spiro atoms. The van der Waals surface area contributed by atoms with Crippen LogP contribution < -0.4 is 11.1 Å². The third kappa shape index (κ3) is 5.11. The molecule has 2 aromatic carbocycles. The van der Waals surface area contributed by atoms with Gasteiger partial charge in [-0.2, -0.15) is 5.26 Å². The molecule has 3 N–H and O–H groups in total. The zero-order valence-corrected chi connectivity index (χ0v) is 13.1. The standard InChI is InChI=1S/C18H15F2N3O2/c19-14-5-4-13(15(20)9-14)8-17(24)23-16(18(22)25)7-11-2-1-3-12(6-11)10-21/h1-6,9,16H,7-8H2,(H2,22,25)(H,23,24)/t16-/m1/s1. The smallest absolute Gasteiger partial charge is 0.240 e. The van der Waals surface area contributed by atoms with E-state index in [1.807, 2.05) is 6.07 Å².